The van der Waals surface area contributed by atoms with E-state index in [9.17, 15) is 0 Å². The summed E-state index contributed by atoms with van der Waals surface area (Å²) in [5.74, 6) is 0.624. The average Bonchev–Trinajstić information content (AvgIpc) is 2.65. The Morgan fingerprint density at radius 2 is 1.89 bits per heavy atom. The molecule has 0 amide bonds. The SMILES string of the molecule is COCCN(C(C)COC)C1CCCCCC1CN. The van der Waals surface area contributed by atoms with E-state index in [1.165, 1.54) is 32.1 Å². The third-order valence-corrected chi connectivity index (χ3v) is 4.38. The number of hydrogen-bond acceptors (Lipinski definition) is 4. The third kappa shape index (κ3) is 5.38. The van der Waals surface area contributed by atoms with Gasteiger partial charge in [0.25, 0.3) is 0 Å². The number of rotatable bonds is 8. The largest absolute Gasteiger partial charge is 0.383 e. The van der Waals surface area contributed by atoms with Crippen molar-refractivity contribution in [2.75, 3.05) is 40.5 Å². The van der Waals surface area contributed by atoms with Crippen LogP contribution in [0.5, 0.6) is 0 Å². The summed E-state index contributed by atoms with van der Waals surface area (Å²) >= 11 is 0. The first-order valence-corrected chi connectivity index (χ1v) is 7.68. The van der Waals surface area contributed by atoms with E-state index in [4.69, 9.17) is 15.2 Å². The van der Waals surface area contributed by atoms with Crippen molar-refractivity contribution in [3.05, 3.63) is 0 Å². The predicted octanol–water partition coefficient (Wildman–Crippen LogP) is 1.88. The van der Waals surface area contributed by atoms with Crippen LogP contribution in [0.15, 0.2) is 0 Å². The molecule has 3 unspecified atom stereocenters. The fourth-order valence-corrected chi connectivity index (χ4v) is 3.32. The van der Waals surface area contributed by atoms with Gasteiger partial charge in [0.15, 0.2) is 0 Å². The number of ether oxygens (including phenoxy) is 2. The normalized spacial score (nSPS) is 26.4. The van der Waals surface area contributed by atoms with E-state index in [-0.39, 0.29) is 0 Å². The predicted molar refractivity (Wildman–Crippen MR) is 79.3 cm³/mol. The van der Waals surface area contributed by atoms with Gasteiger partial charge < -0.3 is 15.2 Å². The summed E-state index contributed by atoms with van der Waals surface area (Å²) in [6.45, 7) is 5.58. The Labute approximate surface area is 118 Å². The van der Waals surface area contributed by atoms with Crippen molar-refractivity contribution in [2.24, 2.45) is 11.7 Å². The molecule has 4 nitrogen and oxygen atoms in total. The molecule has 0 aromatic rings. The van der Waals surface area contributed by atoms with Gasteiger partial charge in [-0.1, -0.05) is 19.3 Å². The van der Waals surface area contributed by atoms with Crippen molar-refractivity contribution in [1.29, 1.82) is 0 Å². The van der Waals surface area contributed by atoms with E-state index < -0.39 is 0 Å². The quantitative estimate of drug-likeness (QED) is 0.685. The summed E-state index contributed by atoms with van der Waals surface area (Å²) in [5.41, 5.74) is 6.01. The summed E-state index contributed by atoms with van der Waals surface area (Å²) in [6, 6.07) is 1.02. The summed E-state index contributed by atoms with van der Waals surface area (Å²) in [4.78, 5) is 2.57. The van der Waals surface area contributed by atoms with Gasteiger partial charge in [0.1, 0.15) is 0 Å². The van der Waals surface area contributed by atoms with Crippen LogP contribution in [0.4, 0.5) is 0 Å². The third-order valence-electron chi connectivity index (χ3n) is 4.38. The monoisotopic (exact) mass is 272 g/mol. The zero-order valence-electron chi connectivity index (χ0n) is 12.9. The maximum Gasteiger partial charge on any atom is 0.0615 e. The van der Waals surface area contributed by atoms with Crippen molar-refractivity contribution in [1.82, 2.24) is 4.90 Å². The van der Waals surface area contributed by atoms with E-state index in [0.717, 1.165) is 26.3 Å². The van der Waals surface area contributed by atoms with Crippen molar-refractivity contribution in [3.63, 3.8) is 0 Å². The molecular formula is C15H32N2O2. The molecule has 19 heavy (non-hydrogen) atoms. The Morgan fingerprint density at radius 1 is 1.16 bits per heavy atom. The molecule has 0 spiro atoms. The van der Waals surface area contributed by atoms with Gasteiger partial charge in [-0.2, -0.15) is 0 Å². The van der Waals surface area contributed by atoms with E-state index in [1.54, 1.807) is 14.2 Å². The molecule has 1 saturated carbocycles. The summed E-state index contributed by atoms with van der Waals surface area (Å²) < 4.78 is 10.6. The number of hydrogen-bond donors (Lipinski definition) is 1. The lowest BCUT2D eigenvalue weighted by Crippen LogP contribution is -2.50. The molecule has 1 fully saturated rings. The Bertz CT molecular complexity index is 226. The van der Waals surface area contributed by atoms with Crippen molar-refractivity contribution >= 4 is 0 Å². The maximum atomic E-state index is 6.01. The molecule has 1 aliphatic rings. The summed E-state index contributed by atoms with van der Waals surface area (Å²) in [7, 11) is 3.55. The Kier molecular flexibility index (Phi) is 8.62. The molecule has 1 rings (SSSR count). The van der Waals surface area contributed by atoms with E-state index >= 15 is 0 Å². The highest BCUT2D eigenvalue weighted by atomic mass is 16.5. The Morgan fingerprint density at radius 3 is 2.53 bits per heavy atom. The minimum absolute atomic E-state index is 0.428. The highest BCUT2D eigenvalue weighted by molar-refractivity contribution is 4.85. The van der Waals surface area contributed by atoms with Gasteiger partial charge in [0, 0.05) is 32.8 Å². The van der Waals surface area contributed by atoms with Gasteiger partial charge in [-0.05, 0) is 32.2 Å². The lowest BCUT2D eigenvalue weighted by molar-refractivity contribution is 0.0261. The zero-order valence-corrected chi connectivity index (χ0v) is 12.9. The van der Waals surface area contributed by atoms with Crippen LogP contribution in [0, 0.1) is 5.92 Å². The maximum absolute atomic E-state index is 6.01. The Hall–Kier alpha value is -0.160. The van der Waals surface area contributed by atoms with Gasteiger partial charge in [0.2, 0.25) is 0 Å². The van der Waals surface area contributed by atoms with Crippen LogP contribution in [-0.2, 0) is 9.47 Å². The second-order valence-electron chi connectivity index (χ2n) is 5.74. The molecule has 0 radical (unpaired) electrons. The van der Waals surface area contributed by atoms with Gasteiger partial charge in [-0.25, -0.2) is 0 Å². The molecule has 0 bridgehead atoms. The van der Waals surface area contributed by atoms with Crippen molar-refractivity contribution in [2.45, 2.75) is 51.1 Å². The highest BCUT2D eigenvalue weighted by Crippen LogP contribution is 2.28. The second kappa shape index (κ2) is 9.70. The molecule has 2 N–H and O–H groups in total. The van der Waals surface area contributed by atoms with Gasteiger partial charge in [-0.3, -0.25) is 4.90 Å². The molecule has 0 saturated heterocycles. The molecular weight excluding hydrogens is 240 g/mol. The van der Waals surface area contributed by atoms with Gasteiger partial charge in [0.05, 0.1) is 13.2 Å². The lowest BCUT2D eigenvalue weighted by atomic mass is 9.92. The first-order chi connectivity index (χ1) is 9.24. The second-order valence-corrected chi connectivity index (χ2v) is 5.74. The molecule has 0 aromatic heterocycles. The topological polar surface area (TPSA) is 47.7 Å². The van der Waals surface area contributed by atoms with Crippen LogP contribution in [0.3, 0.4) is 0 Å². The highest BCUT2D eigenvalue weighted by Gasteiger charge is 2.30. The van der Waals surface area contributed by atoms with E-state index in [1.807, 2.05) is 0 Å². The minimum atomic E-state index is 0.428. The first-order valence-electron chi connectivity index (χ1n) is 7.68. The molecule has 114 valence electrons. The standard InChI is InChI=1S/C15H32N2O2/c1-13(12-19-3)17(9-10-18-2)15-8-6-4-5-7-14(15)11-16/h13-15H,4-12,16H2,1-3H3. The van der Waals surface area contributed by atoms with Crippen molar-refractivity contribution in [3.8, 4) is 0 Å². The molecule has 0 aromatic carbocycles. The number of nitrogens with two attached hydrogens (primary N) is 1. The summed E-state index contributed by atoms with van der Waals surface area (Å²) in [6.07, 6.45) is 6.53. The lowest BCUT2D eigenvalue weighted by Gasteiger charge is -2.39. The van der Waals surface area contributed by atoms with Crippen LogP contribution < -0.4 is 5.73 Å². The number of methoxy groups -OCH3 is 2. The van der Waals surface area contributed by atoms with E-state index in [2.05, 4.69) is 11.8 Å². The summed E-state index contributed by atoms with van der Waals surface area (Å²) in [5, 5.41) is 0. The molecule has 0 heterocycles. The fourth-order valence-electron chi connectivity index (χ4n) is 3.32. The first kappa shape index (κ1) is 16.9. The average molecular weight is 272 g/mol. The minimum Gasteiger partial charge on any atom is -0.383 e. The molecule has 1 aliphatic carbocycles. The van der Waals surface area contributed by atoms with Gasteiger partial charge in [-0.15, -0.1) is 0 Å². The zero-order chi connectivity index (χ0) is 14.1. The number of nitrogens with zero attached hydrogens (tertiary/aromatic N) is 1. The fraction of sp³-hybridized carbons (Fsp3) is 1.00. The van der Waals surface area contributed by atoms with Crippen LogP contribution in [0.2, 0.25) is 0 Å². The molecule has 0 aliphatic heterocycles. The van der Waals surface area contributed by atoms with Gasteiger partial charge >= 0.3 is 0 Å². The van der Waals surface area contributed by atoms with Crippen LogP contribution >= 0.6 is 0 Å². The van der Waals surface area contributed by atoms with Crippen LogP contribution in [0.25, 0.3) is 0 Å². The smallest absolute Gasteiger partial charge is 0.0615 e. The van der Waals surface area contributed by atoms with Crippen LogP contribution in [-0.4, -0.2) is 57.5 Å². The molecule has 4 heteroatoms. The van der Waals surface area contributed by atoms with Crippen molar-refractivity contribution < 1.29 is 9.47 Å². The molecule has 3 atom stereocenters. The Balaban J connectivity index is 2.72. The van der Waals surface area contributed by atoms with E-state index in [0.29, 0.717) is 18.0 Å². The van der Waals surface area contributed by atoms with Crippen LogP contribution in [0.1, 0.15) is 39.0 Å².